The third kappa shape index (κ3) is 3.57. The van der Waals surface area contributed by atoms with E-state index >= 15 is 0 Å². The molecule has 4 rings (SSSR count). The van der Waals surface area contributed by atoms with Crippen molar-refractivity contribution in [1.82, 2.24) is 15.5 Å². The normalized spacial score (nSPS) is 18.5. The Hall–Kier alpha value is -1.43. The predicted molar refractivity (Wildman–Crippen MR) is 96.1 cm³/mol. The van der Waals surface area contributed by atoms with Gasteiger partial charge in [-0.25, -0.2) is 4.98 Å². The van der Waals surface area contributed by atoms with Gasteiger partial charge in [0.05, 0.1) is 5.01 Å². The van der Waals surface area contributed by atoms with E-state index in [-0.39, 0.29) is 12.4 Å². The summed E-state index contributed by atoms with van der Waals surface area (Å²) in [6, 6.07) is 2.00. The molecule has 0 spiro atoms. The third-order valence-corrected chi connectivity index (χ3v) is 5.27. The highest BCUT2D eigenvalue weighted by Crippen LogP contribution is 2.32. The van der Waals surface area contributed by atoms with Crippen LogP contribution in [0.2, 0.25) is 0 Å². The Morgan fingerprint density at radius 1 is 1.17 bits per heavy atom. The van der Waals surface area contributed by atoms with Crippen molar-refractivity contribution in [3.63, 3.8) is 0 Å². The fourth-order valence-electron chi connectivity index (χ4n) is 2.99. The molecule has 23 heavy (non-hydrogen) atoms. The van der Waals surface area contributed by atoms with Crippen molar-refractivity contribution in [1.29, 1.82) is 0 Å². The van der Waals surface area contributed by atoms with E-state index in [1.165, 1.54) is 17.8 Å². The predicted octanol–water partition coefficient (Wildman–Crippen LogP) is 4.42. The molecule has 4 nitrogen and oxygen atoms in total. The SMILES string of the molecule is C1=CC(c2cc(-c3csc(C4CCNCC4)n3)no2)=CCC1.Cl. The maximum absolute atomic E-state index is 5.50. The Balaban J connectivity index is 0.00000156. The van der Waals surface area contributed by atoms with Crippen LogP contribution in [0.4, 0.5) is 0 Å². The second-order valence-electron chi connectivity index (χ2n) is 5.81. The van der Waals surface area contributed by atoms with Crippen molar-refractivity contribution in [2.24, 2.45) is 0 Å². The third-order valence-electron chi connectivity index (χ3n) is 4.26. The van der Waals surface area contributed by atoms with Crippen molar-refractivity contribution >= 4 is 29.3 Å². The summed E-state index contributed by atoms with van der Waals surface area (Å²) < 4.78 is 5.50. The minimum atomic E-state index is 0. The number of halogens is 1. The fourth-order valence-corrected chi connectivity index (χ4v) is 3.97. The first-order chi connectivity index (χ1) is 10.9. The first kappa shape index (κ1) is 16.4. The number of nitrogens with zero attached hydrogens (tertiary/aromatic N) is 2. The highest BCUT2D eigenvalue weighted by atomic mass is 35.5. The van der Waals surface area contributed by atoms with Gasteiger partial charge in [-0.2, -0.15) is 0 Å². The molecule has 6 heteroatoms. The zero-order chi connectivity index (χ0) is 14.8. The van der Waals surface area contributed by atoms with E-state index in [1.807, 2.05) is 6.07 Å². The number of thiazole rings is 1. The molecule has 2 aliphatic rings. The van der Waals surface area contributed by atoms with Gasteiger partial charge in [-0.15, -0.1) is 23.7 Å². The summed E-state index contributed by atoms with van der Waals surface area (Å²) in [4.78, 5) is 4.79. The Morgan fingerprint density at radius 2 is 2.04 bits per heavy atom. The summed E-state index contributed by atoms with van der Waals surface area (Å²) in [5, 5.41) is 10.9. The Morgan fingerprint density at radius 3 is 2.83 bits per heavy atom. The first-order valence-electron chi connectivity index (χ1n) is 7.90. The van der Waals surface area contributed by atoms with Gasteiger partial charge in [0.25, 0.3) is 0 Å². The molecule has 0 atom stereocenters. The minimum absolute atomic E-state index is 0. The van der Waals surface area contributed by atoms with E-state index < -0.39 is 0 Å². The summed E-state index contributed by atoms with van der Waals surface area (Å²) >= 11 is 1.75. The molecule has 1 aliphatic heterocycles. The zero-order valence-corrected chi connectivity index (χ0v) is 14.5. The van der Waals surface area contributed by atoms with Gasteiger partial charge in [0.1, 0.15) is 11.4 Å². The van der Waals surface area contributed by atoms with Gasteiger partial charge in [0.2, 0.25) is 0 Å². The lowest BCUT2D eigenvalue weighted by molar-refractivity contribution is 0.413. The summed E-state index contributed by atoms with van der Waals surface area (Å²) in [5.74, 6) is 1.43. The topological polar surface area (TPSA) is 51.0 Å². The molecule has 2 aromatic rings. The van der Waals surface area contributed by atoms with Crippen molar-refractivity contribution in [2.45, 2.75) is 31.6 Å². The number of rotatable bonds is 3. The van der Waals surface area contributed by atoms with Crippen LogP contribution in [0.3, 0.4) is 0 Å². The summed E-state index contributed by atoms with van der Waals surface area (Å²) in [5.41, 5.74) is 2.90. The smallest absolute Gasteiger partial charge is 0.167 e. The number of allylic oxidation sites excluding steroid dienone is 4. The number of hydrogen-bond donors (Lipinski definition) is 1. The molecule has 0 unspecified atom stereocenters. The fraction of sp³-hybridized carbons (Fsp3) is 0.412. The number of nitrogens with one attached hydrogen (secondary N) is 1. The van der Waals surface area contributed by atoms with Crippen LogP contribution < -0.4 is 5.32 Å². The zero-order valence-electron chi connectivity index (χ0n) is 12.8. The lowest BCUT2D eigenvalue weighted by Gasteiger charge is -2.20. The monoisotopic (exact) mass is 349 g/mol. The van der Waals surface area contributed by atoms with Gasteiger partial charge >= 0.3 is 0 Å². The van der Waals surface area contributed by atoms with Gasteiger partial charge in [-0.05, 0) is 38.8 Å². The molecular weight excluding hydrogens is 330 g/mol. The highest BCUT2D eigenvalue weighted by Gasteiger charge is 2.20. The van der Waals surface area contributed by atoms with E-state index in [0.717, 1.165) is 48.7 Å². The molecule has 0 saturated carbocycles. The molecule has 0 aromatic carbocycles. The van der Waals surface area contributed by atoms with E-state index in [4.69, 9.17) is 9.51 Å². The van der Waals surface area contributed by atoms with E-state index in [9.17, 15) is 0 Å². The maximum Gasteiger partial charge on any atom is 0.167 e. The molecule has 2 aromatic heterocycles. The van der Waals surface area contributed by atoms with Crippen LogP contribution in [0.25, 0.3) is 17.0 Å². The van der Waals surface area contributed by atoms with Gasteiger partial charge in [-0.3, -0.25) is 0 Å². The van der Waals surface area contributed by atoms with Crippen molar-refractivity contribution in [2.75, 3.05) is 13.1 Å². The van der Waals surface area contributed by atoms with E-state index in [2.05, 4.69) is 34.1 Å². The highest BCUT2D eigenvalue weighted by molar-refractivity contribution is 7.10. The molecule has 1 saturated heterocycles. The van der Waals surface area contributed by atoms with E-state index in [0.29, 0.717) is 5.92 Å². The maximum atomic E-state index is 5.50. The number of aromatic nitrogens is 2. The van der Waals surface area contributed by atoms with Crippen LogP contribution in [0.15, 0.2) is 34.2 Å². The van der Waals surface area contributed by atoms with Crippen LogP contribution in [-0.4, -0.2) is 23.2 Å². The molecular formula is C17H20ClN3OS. The quantitative estimate of drug-likeness (QED) is 0.891. The Labute approximate surface area is 146 Å². The second kappa shape index (κ2) is 7.43. The van der Waals surface area contributed by atoms with Crippen LogP contribution in [0, 0.1) is 0 Å². The van der Waals surface area contributed by atoms with Crippen molar-refractivity contribution < 1.29 is 4.52 Å². The van der Waals surface area contributed by atoms with Crippen molar-refractivity contribution in [3.05, 3.63) is 40.4 Å². The Bertz CT molecular complexity index is 713. The minimum Gasteiger partial charge on any atom is -0.356 e. The summed E-state index contributed by atoms with van der Waals surface area (Å²) in [6.45, 7) is 2.18. The largest absolute Gasteiger partial charge is 0.356 e. The molecule has 122 valence electrons. The van der Waals surface area contributed by atoms with Gasteiger partial charge in [-0.1, -0.05) is 23.4 Å². The molecule has 0 amide bonds. The molecule has 3 heterocycles. The van der Waals surface area contributed by atoms with Crippen LogP contribution >= 0.6 is 23.7 Å². The van der Waals surface area contributed by atoms with Crippen molar-refractivity contribution in [3.8, 4) is 11.4 Å². The molecule has 1 aliphatic carbocycles. The number of hydrogen-bond acceptors (Lipinski definition) is 5. The second-order valence-corrected chi connectivity index (χ2v) is 6.70. The summed E-state index contributed by atoms with van der Waals surface area (Å²) in [7, 11) is 0. The average Bonchev–Trinajstić information content (AvgIpc) is 3.26. The van der Waals surface area contributed by atoms with Crippen LogP contribution in [-0.2, 0) is 0 Å². The summed E-state index contributed by atoms with van der Waals surface area (Å²) in [6.07, 6.45) is 11.0. The van der Waals surface area contributed by atoms with E-state index in [1.54, 1.807) is 11.3 Å². The average molecular weight is 350 g/mol. The molecule has 1 fully saturated rings. The molecule has 1 N–H and O–H groups in total. The number of piperidine rings is 1. The first-order valence-corrected chi connectivity index (χ1v) is 8.78. The van der Waals surface area contributed by atoms with Crippen LogP contribution in [0.5, 0.6) is 0 Å². The molecule has 0 bridgehead atoms. The lowest BCUT2D eigenvalue weighted by Crippen LogP contribution is -2.26. The Kier molecular flexibility index (Phi) is 5.30. The van der Waals surface area contributed by atoms with Gasteiger partial charge in [0, 0.05) is 22.9 Å². The van der Waals surface area contributed by atoms with Gasteiger partial charge < -0.3 is 9.84 Å². The van der Waals surface area contributed by atoms with Gasteiger partial charge in [0.15, 0.2) is 5.76 Å². The molecule has 0 radical (unpaired) electrons. The lowest BCUT2D eigenvalue weighted by atomic mass is 9.99. The van der Waals surface area contributed by atoms with Crippen LogP contribution in [0.1, 0.15) is 42.4 Å². The standard InChI is InChI=1S/C17H19N3OS.ClH/c1-2-4-12(5-3-1)16-10-14(20-21-16)15-11-22-17(19-15)13-6-8-18-9-7-13;/h2,4-5,10-11,13,18H,1,3,6-9H2;1H.